The van der Waals surface area contributed by atoms with Gasteiger partial charge in [0.15, 0.2) is 0 Å². The lowest BCUT2D eigenvalue weighted by molar-refractivity contribution is -0.143. The molecule has 1 amide bonds. The maximum absolute atomic E-state index is 13.2. The molecule has 2 unspecified atom stereocenters. The van der Waals surface area contributed by atoms with Crippen molar-refractivity contribution in [3.63, 3.8) is 0 Å². The van der Waals surface area contributed by atoms with Crippen molar-refractivity contribution in [1.29, 1.82) is 0 Å². The molecule has 1 fully saturated rings. The monoisotopic (exact) mass is 485 g/mol. The highest BCUT2D eigenvalue weighted by molar-refractivity contribution is 5.71. The number of carbonyl (C=O) groups excluding carboxylic acids is 1. The van der Waals surface area contributed by atoms with E-state index in [0.29, 0.717) is 17.7 Å². The van der Waals surface area contributed by atoms with Gasteiger partial charge in [-0.05, 0) is 60.9 Å². The van der Waals surface area contributed by atoms with Crippen LogP contribution in [-0.2, 0) is 29.8 Å². The standard InChI is InChI=1S/C21H16F9NO2/c1-10-3-4-14(19(22,23)24)7-13(10)9-31-11(2)17(33-18(31)32)12-5-15(20(25,26)27)8-16(6-12)21(28,29)30/h3-8,11,17H,9H2,1-2H3. The van der Waals surface area contributed by atoms with Gasteiger partial charge in [0.25, 0.3) is 0 Å². The Kier molecular flexibility index (Phi) is 6.10. The minimum Gasteiger partial charge on any atom is -0.439 e. The van der Waals surface area contributed by atoms with Gasteiger partial charge in [-0.1, -0.05) is 6.07 Å². The summed E-state index contributed by atoms with van der Waals surface area (Å²) in [5, 5.41) is 0. The van der Waals surface area contributed by atoms with Gasteiger partial charge in [-0.25, -0.2) is 4.79 Å². The van der Waals surface area contributed by atoms with E-state index in [9.17, 15) is 44.3 Å². The number of ether oxygens (including phenoxy) is 1. The van der Waals surface area contributed by atoms with Crippen LogP contribution in [0.1, 0.15) is 46.4 Å². The lowest BCUT2D eigenvalue weighted by atomic mass is 9.97. The summed E-state index contributed by atoms with van der Waals surface area (Å²) >= 11 is 0. The number of benzene rings is 2. The summed E-state index contributed by atoms with van der Waals surface area (Å²) in [6.45, 7) is 2.45. The molecule has 3 nitrogen and oxygen atoms in total. The zero-order valence-corrected chi connectivity index (χ0v) is 17.0. The average molecular weight is 485 g/mol. The van der Waals surface area contributed by atoms with Gasteiger partial charge in [-0.3, -0.25) is 4.90 Å². The summed E-state index contributed by atoms with van der Waals surface area (Å²) in [4.78, 5) is 13.3. The average Bonchev–Trinajstić information content (AvgIpc) is 2.95. The predicted octanol–water partition coefficient (Wildman–Crippen LogP) is 7.13. The van der Waals surface area contributed by atoms with Gasteiger partial charge < -0.3 is 4.74 Å². The van der Waals surface area contributed by atoms with Crippen molar-refractivity contribution in [3.05, 3.63) is 69.8 Å². The first-order valence-corrected chi connectivity index (χ1v) is 9.42. The van der Waals surface area contributed by atoms with Gasteiger partial charge >= 0.3 is 24.6 Å². The molecule has 0 radical (unpaired) electrons. The Morgan fingerprint density at radius 3 is 1.82 bits per heavy atom. The number of amides is 1. The molecule has 1 aliphatic rings. The largest absolute Gasteiger partial charge is 0.439 e. The SMILES string of the molecule is Cc1ccc(C(F)(F)F)cc1CN1C(=O)OC(c2cc(C(F)(F)F)cc(C(F)(F)F)c2)C1C. The Bertz CT molecular complexity index is 1020. The molecule has 0 saturated carbocycles. The van der Waals surface area contributed by atoms with Crippen molar-refractivity contribution in [3.8, 4) is 0 Å². The molecule has 2 aromatic rings. The molecule has 0 N–H and O–H groups in total. The topological polar surface area (TPSA) is 29.5 Å². The van der Waals surface area contributed by atoms with Crippen LogP contribution in [0.2, 0.25) is 0 Å². The number of hydrogen-bond donors (Lipinski definition) is 0. The number of nitrogens with zero attached hydrogens (tertiary/aromatic N) is 1. The van der Waals surface area contributed by atoms with Crippen LogP contribution in [0.25, 0.3) is 0 Å². The van der Waals surface area contributed by atoms with Crippen LogP contribution in [0.4, 0.5) is 44.3 Å². The van der Waals surface area contributed by atoms with Crippen LogP contribution < -0.4 is 0 Å². The predicted molar refractivity (Wildman–Crippen MR) is 96.9 cm³/mol. The number of aryl methyl sites for hydroxylation is 1. The minimum absolute atomic E-state index is 0.0469. The molecule has 0 aromatic heterocycles. The summed E-state index contributed by atoms with van der Waals surface area (Å²) in [6, 6.07) is 2.70. The third kappa shape index (κ3) is 5.19. The maximum Gasteiger partial charge on any atom is 0.416 e. The van der Waals surface area contributed by atoms with Crippen LogP contribution in [0, 0.1) is 6.92 Å². The van der Waals surface area contributed by atoms with Gasteiger partial charge in [0.2, 0.25) is 0 Å². The summed E-state index contributed by atoms with van der Waals surface area (Å²) in [5.74, 6) is 0. The van der Waals surface area contributed by atoms with E-state index in [1.54, 1.807) is 0 Å². The number of rotatable bonds is 3. The quantitative estimate of drug-likeness (QED) is 0.433. The normalized spacial score (nSPS) is 19.7. The third-order valence-electron chi connectivity index (χ3n) is 5.35. The van der Waals surface area contributed by atoms with Gasteiger partial charge in [-0.15, -0.1) is 0 Å². The second-order valence-electron chi connectivity index (χ2n) is 7.65. The van der Waals surface area contributed by atoms with E-state index < -0.39 is 59.0 Å². The van der Waals surface area contributed by atoms with Crippen molar-refractivity contribution in [2.75, 3.05) is 0 Å². The van der Waals surface area contributed by atoms with E-state index in [0.717, 1.165) is 17.0 Å². The first-order valence-electron chi connectivity index (χ1n) is 9.42. The molecule has 1 aliphatic heterocycles. The highest BCUT2D eigenvalue weighted by Gasteiger charge is 2.43. The molecule has 3 rings (SSSR count). The van der Waals surface area contributed by atoms with Crippen molar-refractivity contribution >= 4 is 6.09 Å². The van der Waals surface area contributed by atoms with E-state index in [2.05, 4.69) is 0 Å². The van der Waals surface area contributed by atoms with Crippen molar-refractivity contribution < 1.29 is 49.0 Å². The molecule has 0 bridgehead atoms. The fraction of sp³-hybridized carbons (Fsp3) is 0.381. The molecule has 0 spiro atoms. The zero-order chi connectivity index (χ0) is 24.9. The van der Waals surface area contributed by atoms with E-state index in [1.165, 1.54) is 19.9 Å². The van der Waals surface area contributed by atoms with Crippen LogP contribution in [-0.4, -0.2) is 17.0 Å². The molecule has 2 aromatic carbocycles. The van der Waals surface area contributed by atoms with Crippen molar-refractivity contribution in [2.45, 2.75) is 51.1 Å². The van der Waals surface area contributed by atoms with Crippen LogP contribution in [0.15, 0.2) is 36.4 Å². The van der Waals surface area contributed by atoms with Gasteiger partial charge in [-0.2, -0.15) is 39.5 Å². The summed E-state index contributed by atoms with van der Waals surface area (Å²) in [6.07, 6.45) is -17.4. The maximum atomic E-state index is 13.2. The number of hydrogen-bond acceptors (Lipinski definition) is 2. The lowest BCUT2D eigenvalue weighted by Gasteiger charge is -2.23. The first-order chi connectivity index (χ1) is 15.0. The highest BCUT2D eigenvalue weighted by atomic mass is 19.4. The van der Waals surface area contributed by atoms with Crippen molar-refractivity contribution in [2.24, 2.45) is 0 Å². The van der Waals surface area contributed by atoms with E-state index in [1.807, 2.05) is 0 Å². The van der Waals surface area contributed by atoms with Crippen LogP contribution in [0.5, 0.6) is 0 Å². The molecule has 1 saturated heterocycles. The van der Waals surface area contributed by atoms with E-state index >= 15 is 0 Å². The van der Waals surface area contributed by atoms with E-state index in [4.69, 9.17) is 4.74 Å². The number of cyclic esters (lactones) is 1. The smallest absolute Gasteiger partial charge is 0.416 e. The molecule has 33 heavy (non-hydrogen) atoms. The summed E-state index contributed by atoms with van der Waals surface area (Å²) in [7, 11) is 0. The van der Waals surface area contributed by atoms with Gasteiger partial charge in [0, 0.05) is 6.54 Å². The third-order valence-corrected chi connectivity index (χ3v) is 5.35. The fourth-order valence-corrected chi connectivity index (χ4v) is 3.50. The molecule has 12 heteroatoms. The second-order valence-corrected chi connectivity index (χ2v) is 7.65. The van der Waals surface area contributed by atoms with E-state index in [-0.39, 0.29) is 18.2 Å². The Hall–Kier alpha value is -2.92. The van der Waals surface area contributed by atoms with Crippen molar-refractivity contribution in [1.82, 2.24) is 4.90 Å². The Balaban J connectivity index is 1.96. The molecular weight excluding hydrogens is 469 g/mol. The minimum atomic E-state index is -5.09. The van der Waals surface area contributed by atoms with Crippen LogP contribution in [0.3, 0.4) is 0 Å². The Morgan fingerprint density at radius 2 is 1.33 bits per heavy atom. The fourth-order valence-electron chi connectivity index (χ4n) is 3.50. The highest BCUT2D eigenvalue weighted by Crippen LogP contribution is 2.41. The lowest BCUT2D eigenvalue weighted by Crippen LogP contribution is -2.32. The molecule has 1 heterocycles. The number of carbonyl (C=O) groups is 1. The van der Waals surface area contributed by atoms with Gasteiger partial charge in [0.1, 0.15) is 6.10 Å². The summed E-state index contributed by atoms with van der Waals surface area (Å²) < 4.78 is 123. The second kappa shape index (κ2) is 8.14. The van der Waals surface area contributed by atoms with Gasteiger partial charge in [0.05, 0.1) is 22.7 Å². The van der Waals surface area contributed by atoms with Crippen LogP contribution >= 0.6 is 0 Å². The molecular formula is C21H16F9NO2. The zero-order valence-electron chi connectivity index (χ0n) is 17.0. The number of alkyl halides is 9. The molecule has 0 aliphatic carbocycles. The molecule has 180 valence electrons. The Labute approximate surface area is 181 Å². The Morgan fingerprint density at radius 1 is 0.818 bits per heavy atom. The first kappa shape index (κ1) is 24.7. The number of halogens is 9. The molecule has 2 atom stereocenters. The summed E-state index contributed by atoms with van der Waals surface area (Å²) in [5.41, 5.74) is -4.11.